The number of rotatable bonds is 4. The van der Waals surface area contributed by atoms with E-state index in [1.807, 2.05) is 0 Å². The predicted octanol–water partition coefficient (Wildman–Crippen LogP) is 2.95. The number of fused-ring (bicyclic) bond motifs is 3. The lowest BCUT2D eigenvalue weighted by atomic mass is 9.86. The van der Waals surface area contributed by atoms with Crippen LogP contribution in [0.2, 0.25) is 0 Å². The van der Waals surface area contributed by atoms with E-state index in [9.17, 15) is 4.79 Å². The zero-order valence-electron chi connectivity index (χ0n) is 15.3. The van der Waals surface area contributed by atoms with Gasteiger partial charge < -0.3 is 10.1 Å². The van der Waals surface area contributed by atoms with Gasteiger partial charge in [-0.2, -0.15) is 0 Å². The number of benzene rings is 1. The molecule has 1 N–H and O–H groups in total. The standard InChI is InChI=1S/C21H24N4O2/c26-20(27-19-13-25-9-5-16(19)6-10-25)24-21(7-8-21)18-3-1-15(2-4-18)17-11-22-14-23-12-17/h1-4,11-12,14,16,19H,5-10,13H2,(H,24,26). The van der Waals surface area contributed by atoms with Crippen molar-refractivity contribution in [1.82, 2.24) is 20.2 Å². The van der Waals surface area contributed by atoms with Crippen LogP contribution in [-0.4, -0.2) is 46.7 Å². The Bertz CT molecular complexity index is 812. The van der Waals surface area contributed by atoms with Crippen molar-refractivity contribution in [3.05, 3.63) is 48.5 Å². The van der Waals surface area contributed by atoms with Crippen LogP contribution >= 0.6 is 0 Å². The van der Waals surface area contributed by atoms with E-state index in [2.05, 4.69) is 44.5 Å². The van der Waals surface area contributed by atoms with Crippen molar-refractivity contribution in [1.29, 1.82) is 0 Å². The monoisotopic (exact) mass is 364 g/mol. The lowest BCUT2D eigenvalue weighted by molar-refractivity contribution is -0.0342. The summed E-state index contributed by atoms with van der Waals surface area (Å²) < 4.78 is 5.81. The summed E-state index contributed by atoms with van der Waals surface area (Å²) in [6, 6.07) is 8.30. The number of nitrogens with one attached hydrogen (secondary N) is 1. The molecule has 6 nitrogen and oxygen atoms in total. The van der Waals surface area contributed by atoms with Gasteiger partial charge in [-0.1, -0.05) is 24.3 Å². The minimum atomic E-state index is -0.271. The molecule has 4 heterocycles. The van der Waals surface area contributed by atoms with Crippen molar-refractivity contribution < 1.29 is 9.53 Å². The first-order valence-corrected chi connectivity index (χ1v) is 9.79. The lowest BCUT2D eigenvalue weighted by Crippen LogP contribution is -2.53. The Kier molecular flexibility index (Phi) is 4.08. The van der Waals surface area contributed by atoms with Crippen molar-refractivity contribution >= 4 is 6.09 Å². The highest BCUT2D eigenvalue weighted by Crippen LogP contribution is 2.46. The number of alkyl carbamates (subject to hydrolysis) is 1. The Morgan fingerprint density at radius 3 is 2.37 bits per heavy atom. The number of nitrogens with zero attached hydrogens (tertiary/aromatic N) is 3. The molecule has 3 saturated heterocycles. The molecule has 4 fully saturated rings. The molecule has 1 unspecified atom stereocenters. The van der Waals surface area contributed by atoms with Crippen LogP contribution in [-0.2, 0) is 10.3 Å². The van der Waals surface area contributed by atoms with E-state index in [0.29, 0.717) is 5.92 Å². The topological polar surface area (TPSA) is 67.3 Å². The normalized spacial score (nSPS) is 27.8. The number of carbonyl (C=O) groups excluding carboxylic acids is 1. The molecule has 6 rings (SSSR count). The Balaban J connectivity index is 1.24. The first-order valence-electron chi connectivity index (χ1n) is 9.79. The zero-order valence-corrected chi connectivity index (χ0v) is 15.3. The van der Waals surface area contributed by atoms with E-state index in [1.54, 1.807) is 12.4 Å². The fourth-order valence-corrected chi connectivity index (χ4v) is 4.45. The third-order valence-corrected chi connectivity index (χ3v) is 6.28. The van der Waals surface area contributed by atoms with Gasteiger partial charge >= 0.3 is 6.09 Å². The molecule has 6 heteroatoms. The smallest absolute Gasteiger partial charge is 0.408 e. The Labute approximate surface area is 159 Å². The molecular weight excluding hydrogens is 340 g/mol. The maximum Gasteiger partial charge on any atom is 0.408 e. The summed E-state index contributed by atoms with van der Waals surface area (Å²) in [6.45, 7) is 3.18. The number of hydrogen-bond donors (Lipinski definition) is 1. The van der Waals surface area contributed by atoms with Gasteiger partial charge in [0.1, 0.15) is 12.4 Å². The van der Waals surface area contributed by atoms with Crippen LogP contribution in [0.5, 0.6) is 0 Å². The molecule has 140 valence electrons. The van der Waals surface area contributed by atoms with Crippen LogP contribution < -0.4 is 5.32 Å². The van der Waals surface area contributed by atoms with Gasteiger partial charge in [0.2, 0.25) is 0 Å². The minimum Gasteiger partial charge on any atom is -0.445 e. The fraction of sp³-hybridized carbons (Fsp3) is 0.476. The molecule has 2 aromatic rings. The Hall–Kier alpha value is -2.47. The van der Waals surface area contributed by atoms with Gasteiger partial charge in [-0.05, 0) is 55.8 Å². The average molecular weight is 364 g/mol. The van der Waals surface area contributed by atoms with Crippen LogP contribution in [0.1, 0.15) is 31.2 Å². The predicted molar refractivity (Wildman–Crippen MR) is 101 cm³/mol. The van der Waals surface area contributed by atoms with Gasteiger partial charge in [0, 0.05) is 24.5 Å². The van der Waals surface area contributed by atoms with E-state index in [4.69, 9.17) is 4.74 Å². The summed E-state index contributed by atoms with van der Waals surface area (Å²) in [7, 11) is 0. The molecule has 1 aromatic heterocycles. The lowest BCUT2D eigenvalue weighted by Gasteiger charge is -2.44. The Morgan fingerprint density at radius 2 is 1.78 bits per heavy atom. The first-order chi connectivity index (χ1) is 13.2. The van der Waals surface area contributed by atoms with Gasteiger partial charge in [-0.15, -0.1) is 0 Å². The summed E-state index contributed by atoms with van der Waals surface area (Å²) in [5.74, 6) is 0.531. The largest absolute Gasteiger partial charge is 0.445 e. The molecular formula is C21H24N4O2. The molecule has 1 atom stereocenters. The molecule has 4 aliphatic rings. The molecule has 2 bridgehead atoms. The third-order valence-electron chi connectivity index (χ3n) is 6.28. The number of ether oxygens (including phenoxy) is 1. The van der Waals surface area contributed by atoms with E-state index in [0.717, 1.165) is 62.0 Å². The van der Waals surface area contributed by atoms with Gasteiger partial charge in [-0.3, -0.25) is 4.90 Å². The number of piperidine rings is 3. The SMILES string of the molecule is O=C(NC1(c2ccc(-c3cncnc3)cc2)CC1)OC1CN2CCC1CC2. The average Bonchev–Trinajstić information content (AvgIpc) is 3.50. The van der Waals surface area contributed by atoms with Gasteiger partial charge in [0.05, 0.1) is 5.54 Å². The van der Waals surface area contributed by atoms with Crippen LogP contribution in [0.25, 0.3) is 11.1 Å². The fourth-order valence-electron chi connectivity index (χ4n) is 4.45. The van der Waals surface area contributed by atoms with Crippen LogP contribution in [0.3, 0.4) is 0 Å². The highest BCUT2D eigenvalue weighted by atomic mass is 16.6. The molecule has 1 aromatic carbocycles. The summed E-state index contributed by atoms with van der Waals surface area (Å²) in [5.41, 5.74) is 2.93. The molecule has 0 radical (unpaired) electrons. The molecule has 0 spiro atoms. The summed E-state index contributed by atoms with van der Waals surface area (Å²) in [6.07, 6.45) is 9.11. The number of carbonyl (C=O) groups is 1. The van der Waals surface area contributed by atoms with Crippen LogP contribution in [0, 0.1) is 5.92 Å². The van der Waals surface area contributed by atoms with Crippen molar-refractivity contribution in [2.75, 3.05) is 19.6 Å². The molecule has 1 saturated carbocycles. The summed E-state index contributed by atoms with van der Waals surface area (Å²) in [4.78, 5) is 23.1. The second kappa shape index (κ2) is 6.60. The van der Waals surface area contributed by atoms with Crippen molar-refractivity contribution in [3.8, 4) is 11.1 Å². The summed E-state index contributed by atoms with van der Waals surface area (Å²) >= 11 is 0. The highest BCUT2D eigenvalue weighted by Gasteiger charge is 2.47. The molecule has 1 amide bonds. The van der Waals surface area contributed by atoms with E-state index in [1.165, 1.54) is 6.33 Å². The first kappa shape index (κ1) is 16.7. The van der Waals surface area contributed by atoms with Gasteiger partial charge in [0.15, 0.2) is 0 Å². The molecule has 1 aliphatic carbocycles. The minimum absolute atomic E-state index is 0.0451. The number of hydrogen-bond acceptors (Lipinski definition) is 5. The Morgan fingerprint density at radius 1 is 1.07 bits per heavy atom. The summed E-state index contributed by atoms with van der Waals surface area (Å²) in [5, 5.41) is 3.15. The maximum atomic E-state index is 12.5. The van der Waals surface area contributed by atoms with Gasteiger partial charge in [-0.25, -0.2) is 14.8 Å². The van der Waals surface area contributed by atoms with Crippen molar-refractivity contribution in [2.24, 2.45) is 5.92 Å². The van der Waals surface area contributed by atoms with Crippen molar-refractivity contribution in [3.63, 3.8) is 0 Å². The second-order valence-corrected chi connectivity index (χ2v) is 7.99. The second-order valence-electron chi connectivity index (χ2n) is 7.99. The maximum absolute atomic E-state index is 12.5. The van der Waals surface area contributed by atoms with Crippen molar-refractivity contribution in [2.45, 2.75) is 37.3 Å². The van der Waals surface area contributed by atoms with Gasteiger partial charge in [0.25, 0.3) is 0 Å². The van der Waals surface area contributed by atoms with E-state index < -0.39 is 0 Å². The van der Waals surface area contributed by atoms with Crippen LogP contribution in [0.15, 0.2) is 43.0 Å². The number of aromatic nitrogens is 2. The zero-order chi connectivity index (χ0) is 18.3. The highest BCUT2D eigenvalue weighted by molar-refractivity contribution is 5.70. The molecule has 3 aliphatic heterocycles. The third kappa shape index (κ3) is 3.30. The van der Waals surface area contributed by atoms with Crippen LogP contribution in [0.4, 0.5) is 4.79 Å². The quantitative estimate of drug-likeness (QED) is 0.903. The number of amides is 1. The van der Waals surface area contributed by atoms with E-state index in [-0.39, 0.29) is 17.7 Å². The van der Waals surface area contributed by atoms with E-state index >= 15 is 0 Å². The molecule has 27 heavy (non-hydrogen) atoms.